The number of piperidine rings is 1. The number of benzene rings is 1. The van der Waals surface area contributed by atoms with Gasteiger partial charge in [0.2, 0.25) is 0 Å². The van der Waals surface area contributed by atoms with Crippen LogP contribution in [0, 0.1) is 17.2 Å². The fourth-order valence-corrected chi connectivity index (χ4v) is 4.47. The molecule has 1 saturated heterocycles. The van der Waals surface area contributed by atoms with Crippen molar-refractivity contribution < 1.29 is 0 Å². The second-order valence-corrected chi connectivity index (χ2v) is 7.67. The number of hydrogen-bond acceptors (Lipinski definition) is 4. The highest BCUT2D eigenvalue weighted by Crippen LogP contribution is 2.38. The maximum Gasteiger partial charge on any atom is 0.250 e. The van der Waals surface area contributed by atoms with E-state index >= 15 is 0 Å². The molecule has 5 heteroatoms. The molecule has 0 radical (unpaired) electrons. The predicted molar refractivity (Wildman–Crippen MR) is 102 cm³/mol. The normalized spacial score (nSPS) is 23.0. The van der Waals surface area contributed by atoms with Gasteiger partial charge in [-0.15, -0.1) is 0 Å². The van der Waals surface area contributed by atoms with Crippen molar-refractivity contribution in [3.05, 3.63) is 64.1 Å². The standard InChI is InChI=1S/C21H24N4O/c1-23(2)18-8-6-16(7-9-18)20(11-22)24-12-15-10-17(14-24)19-4-3-5-21(26)25(19)13-15/h3-9,15,17,20H,10,12-14H2,1-2H3/t15-,17+,20?/m0/s1. The number of nitriles is 1. The Labute approximate surface area is 154 Å². The Balaban J connectivity index is 1.61. The molecule has 26 heavy (non-hydrogen) atoms. The summed E-state index contributed by atoms with van der Waals surface area (Å²) in [5, 5.41) is 9.86. The van der Waals surface area contributed by atoms with Gasteiger partial charge in [0.15, 0.2) is 0 Å². The third-order valence-corrected chi connectivity index (χ3v) is 5.72. The molecule has 2 aliphatic heterocycles. The van der Waals surface area contributed by atoms with Crippen LogP contribution >= 0.6 is 0 Å². The lowest BCUT2D eigenvalue weighted by Crippen LogP contribution is -2.47. The van der Waals surface area contributed by atoms with E-state index in [1.807, 2.05) is 24.7 Å². The average Bonchev–Trinajstić information content (AvgIpc) is 2.64. The lowest BCUT2D eigenvalue weighted by molar-refractivity contribution is 0.100. The lowest BCUT2D eigenvalue weighted by atomic mass is 9.82. The second kappa shape index (κ2) is 6.62. The van der Waals surface area contributed by atoms with Crippen LogP contribution in [0.2, 0.25) is 0 Å². The first-order chi connectivity index (χ1) is 12.6. The number of anilines is 1. The van der Waals surface area contributed by atoms with E-state index in [9.17, 15) is 10.1 Å². The van der Waals surface area contributed by atoms with Gasteiger partial charge in [0.25, 0.3) is 5.56 Å². The molecule has 0 spiro atoms. The Morgan fingerprint density at radius 1 is 1.12 bits per heavy atom. The van der Waals surface area contributed by atoms with Gasteiger partial charge in [-0.05, 0) is 36.1 Å². The van der Waals surface area contributed by atoms with Gasteiger partial charge < -0.3 is 9.47 Å². The summed E-state index contributed by atoms with van der Waals surface area (Å²) in [6, 6.07) is 16.1. The predicted octanol–water partition coefficient (Wildman–Crippen LogP) is 2.60. The first-order valence-corrected chi connectivity index (χ1v) is 9.17. The molecule has 134 valence electrons. The minimum absolute atomic E-state index is 0.0988. The van der Waals surface area contributed by atoms with Crippen LogP contribution < -0.4 is 10.5 Å². The van der Waals surface area contributed by atoms with E-state index in [-0.39, 0.29) is 11.6 Å². The van der Waals surface area contributed by atoms with E-state index in [4.69, 9.17) is 0 Å². The molecule has 2 aliphatic rings. The number of rotatable bonds is 3. The minimum Gasteiger partial charge on any atom is -0.378 e. The molecule has 0 aliphatic carbocycles. The van der Waals surface area contributed by atoms with E-state index in [1.165, 1.54) is 0 Å². The molecule has 1 aromatic heterocycles. The summed E-state index contributed by atoms with van der Waals surface area (Å²) in [4.78, 5) is 16.5. The third kappa shape index (κ3) is 2.91. The highest BCUT2D eigenvalue weighted by Gasteiger charge is 2.37. The molecule has 2 aromatic rings. The summed E-state index contributed by atoms with van der Waals surface area (Å²) in [6.07, 6.45) is 1.11. The Bertz CT molecular complexity index is 893. The number of likely N-dealkylation sites (tertiary alicyclic amines) is 1. The molecule has 0 N–H and O–H groups in total. The number of fused-ring (bicyclic) bond motifs is 4. The van der Waals surface area contributed by atoms with Crippen LogP contribution in [0.5, 0.6) is 0 Å². The first-order valence-electron chi connectivity index (χ1n) is 9.17. The number of pyridine rings is 1. The number of aromatic nitrogens is 1. The van der Waals surface area contributed by atoms with E-state index in [0.717, 1.165) is 43.0 Å². The molecule has 0 amide bonds. The SMILES string of the molecule is CN(C)c1ccc(C(C#N)N2C[C@@H]3C[C@H](C2)c2cccc(=O)n2C3)cc1. The summed E-state index contributed by atoms with van der Waals surface area (Å²) in [7, 11) is 4.03. The first kappa shape index (κ1) is 16.9. The average molecular weight is 348 g/mol. The lowest BCUT2D eigenvalue weighted by Gasteiger charge is -2.44. The highest BCUT2D eigenvalue weighted by atomic mass is 16.1. The quantitative estimate of drug-likeness (QED) is 0.856. The Kier molecular flexibility index (Phi) is 4.29. The summed E-state index contributed by atoms with van der Waals surface area (Å²) >= 11 is 0. The fourth-order valence-electron chi connectivity index (χ4n) is 4.47. The molecule has 1 fully saturated rings. The maximum atomic E-state index is 12.2. The molecule has 3 atom stereocenters. The molecule has 1 unspecified atom stereocenters. The third-order valence-electron chi connectivity index (χ3n) is 5.72. The van der Waals surface area contributed by atoms with Crippen molar-refractivity contribution in [2.75, 3.05) is 32.1 Å². The van der Waals surface area contributed by atoms with Crippen molar-refractivity contribution in [3.63, 3.8) is 0 Å². The summed E-state index contributed by atoms with van der Waals surface area (Å²) in [5.41, 5.74) is 3.40. The Morgan fingerprint density at radius 2 is 1.88 bits per heavy atom. The zero-order valence-corrected chi connectivity index (χ0v) is 15.3. The van der Waals surface area contributed by atoms with Crippen LogP contribution in [0.3, 0.4) is 0 Å². The Hall–Kier alpha value is -2.58. The summed E-state index contributed by atoms with van der Waals surface area (Å²) < 4.78 is 1.93. The fraction of sp³-hybridized carbons (Fsp3) is 0.429. The van der Waals surface area contributed by atoms with Crippen molar-refractivity contribution in [2.45, 2.75) is 24.9 Å². The number of nitrogens with zero attached hydrogens (tertiary/aromatic N) is 4. The van der Waals surface area contributed by atoms with Gasteiger partial charge in [-0.3, -0.25) is 9.69 Å². The molecular weight excluding hydrogens is 324 g/mol. The summed E-state index contributed by atoms with van der Waals surface area (Å²) in [6.45, 7) is 2.46. The topological polar surface area (TPSA) is 52.3 Å². The molecule has 2 bridgehead atoms. The zero-order chi connectivity index (χ0) is 18.3. The monoisotopic (exact) mass is 348 g/mol. The smallest absolute Gasteiger partial charge is 0.250 e. The van der Waals surface area contributed by atoms with Gasteiger partial charge in [0, 0.05) is 57.1 Å². The van der Waals surface area contributed by atoms with Gasteiger partial charge >= 0.3 is 0 Å². The van der Waals surface area contributed by atoms with E-state index < -0.39 is 0 Å². The summed E-state index contributed by atoms with van der Waals surface area (Å²) in [5.74, 6) is 0.756. The highest BCUT2D eigenvalue weighted by molar-refractivity contribution is 5.47. The number of hydrogen-bond donors (Lipinski definition) is 0. The van der Waals surface area contributed by atoms with Crippen LogP contribution in [0.25, 0.3) is 0 Å². The van der Waals surface area contributed by atoms with Gasteiger partial charge in [-0.2, -0.15) is 5.26 Å². The van der Waals surface area contributed by atoms with Crippen molar-refractivity contribution in [3.8, 4) is 6.07 Å². The molecule has 1 aromatic carbocycles. The molecule has 5 nitrogen and oxygen atoms in total. The molecular formula is C21H24N4O. The van der Waals surface area contributed by atoms with Crippen molar-refractivity contribution in [1.82, 2.24) is 9.47 Å². The maximum absolute atomic E-state index is 12.2. The zero-order valence-electron chi connectivity index (χ0n) is 15.3. The van der Waals surface area contributed by atoms with Gasteiger partial charge in [0.1, 0.15) is 6.04 Å². The van der Waals surface area contributed by atoms with Crippen molar-refractivity contribution in [2.24, 2.45) is 5.92 Å². The van der Waals surface area contributed by atoms with E-state index in [0.29, 0.717) is 11.8 Å². The molecule has 4 rings (SSSR count). The Morgan fingerprint density at radius 3 is 2.58 bits per heavy atom. The van der Waals surface area contributed by atoms with Crippen molar-refractivity contribution >= 4 is 5.69 Å². The van der Waals surface area contributed by atoms with Crippen LogP contribution in [0.1, 0.15) is 29.6 Å². The minimum atomic E-state index is -0.238. The van der Waals surface area contributed by atoms with Gasteiger partial charge in [0.05, 0.1) is 6.07 Å². The van der Waals surface area contributed by atoms with Gasteiger partial charge in [-0.1, -0.05) is 18.2 Å². The molecule has 3 heterocycles. The second-order valence-electron chi connectivity index (χ2n) is 7.67. The van der Waals surface area contributed by atoms with Crippen LogP contribution in [0.4, 0.5) is 5.69 Å². The van der Waals surface area contributed by atoms with Crippen LogP contribution in [0.15, 0.2) is 47.3 Å². The van der Waals surface area contributed by atoms with E-state index in [2.05, 4.69) is 46.2 Å². The van der Waals surface area contributed by atoms with Crippen LogP contribution in [-0.4, -0.2) is 36.7 Å². The molecule has 0 saturated carbocycles. The van der Waals surface area contributed by atoms with Gasteiger partial charge in [-0.25, -0.2) is 0 Å². The van der Waals surface area contributed by atoms with Crippen molar-refractivity contribution in [1.29, 1.82) is 5.26 Å². The van der Waals surface area contributed by atoms with E-state index in [1.54, 1.807) is 6.07 Å². The van der Waals surface area contributed by atoms with Crippen LogP contribution in [-0.2, 0) is 6.54 Å². The largest absolute Gasteiger partial charge is 0.378 e.